The molecule has 5 heteroatoms. The fourth-order valence-electron chi connectivity index (χ4n) is 2.05. The van der Waals surface area contributed by atoms with Gasteiger partial charge in [-0.05, 0) is 11.6 Å². The first-order valence-corrected chi connectivity index (χ1v) is 7.31. The van der Waals surface area contributed by atoms with Crippen molar-refractivity contribution in [3.63, 3.8) is 0 Å². The molecule has 0 saturated carbocycles. The third-order valence-electron chi connectivity index (χ3n) is 3.04. The van der Waals surface area contributed by atoms with Crippen molar-refractivity contribution in [1.82, 2.24) is 15.0 Å². The van der Waals surface area contributed by atoms with E-state index in [0.717, 1.165) is 15.6 Å². The van der Waals surface area contributed by atoms with Crippen LogP contribution in [0.25, 0.3) is 11.4 Å². The molecule has 2 N–H and O–H groups in total. The van der Waals surface area contributed by atoms with E-state index in [4.69, 9.17) is 5.73 Å². The summed E-state index contributed by atoms with van der Waals surface area (Å²) in [5, 5.41) is 0. The Morgan fingerprint density at radius 1 is 0.857 bits per heavy atom. The van der Waals surface area contributed by atoms with Crippen LogP contribution in [0.15, 0.2) is 59.1 Å². The maximum Gasteiger partial charge on any atom is 0.223 e. The van der Waals surface area contributed by atoms with Crippen LogP contribution < -0.4 is 5.73 Å². The third kappa shape index (κ3) is 3.25. The molecule has 0 unspecified atom stereocenters. The van der Waals surface area contributed by atoms with Gasteiger partial charge in [-0.15, -0.1) is 0 Å². The van der Waals surface area contributed by atoms with E-state index in [9.17, 15) is 0 Å². The quantitative estimate of drug-likeness (QED) is 0.792. The van der Waals surface area contributed by atoms with Crippen LogP contribution in [0, 0.1) is 0 Å². The molecule has 1 heterocycles. The molecule has 21 heavy (non-hydrogen) atoms. The summed E-state index contributed by atoms with van der Waals surface area (Å²) < 4.78 is 1.03. The first kappa shape index (κ1) is 13.7. The van der Waals surface area contributed by atoms with Crippen LogP contribution in [0.2, 0.25) is 0 Å². The number of hydrogen-bond acceptors (Lipinski definition) is 4. The Labute approximate surface area is 131 Å². The summed E-state index contributed by atoms with van der Waals surface area (Å²) in [5.41, 5.74) is 7.86. The second-order valence-corrected chi connectivity index (χ2v) is 5.42. The van der Waals surface area contributed by atoms with E-state index in [2.05, 4.69) is 30.9 Å². The van der Waals surface area contributed by atoms with Crippen molar-refractivity contribution >= 4 is 21.9 Å². The van der Waals surface area contributed by atoms with Crippen LogP contribution in [-0.4, -0.2) is 15.0 Å². The van der Waals surface area contributed by atoms with Gasteiger partial charge >= 0.3 is 0 Å². The highest BCUT2D eigenvalue weighted by molar-refractivity contribution is 9.10. The molecular weight excluding hydrogens is 328 g/mol. The average molecular weight is 341 g/mol. The van der Waals surface area contributed by atoms with Gasteiger partial charge < -0.3 is 5.73 Å². The van der Waals surface area contributed by atoms with Crippen molar-refractivity contribution in [3.05, 3.63) is 70.5 Å². The molecule has 0 fully saturated rings. The molecule has 0 radical (unpaired) electrons. The smallest absolute Gasteiger partial charge is 0.223 e. The van der Waals surface area contributed by atoms with Crippen LogP contribution in [0.5, 0.6) is 0 Å². The molecule has 104 valence electrons. The van der Waals surface area contributed by atoms with Crippen LogP contribution in [-0.2, 0) is 6.42 Å². The highest BCUT2D eigenvalue weighted by Gasteiger charge is 2.08. The molecule has 1 aromatic heterocycles. The molecule has 0 aliphatic rings. The van der Waals surface area contributed by atoms with Gasteiger partial charge in [0.05, 0.1) is 0 Å². The Balaban J connectivity index is 1.97. The summed E-state index contributed by atoms with van der Waals surface area (Å²) in [7, 11) is 0. The second kappa shape index (κ2) is 6.01. The maximum absolute atomic E-state index is 5.81. The highest BCUT2D eigenvalue weighted by atomic mass is 79.9. The lowest BCUT2D eigenvalue weighted by molar-refractivity contribution is 0.933. The fourth-order valence-corrected chi connectivity index (χ4v) is 2.47. The molecule has 0 aliphatic heterocycles. The number of nitrogens with two attached hydrogens (primary N) is 1. The zero-order valence-corrected chi connectivity index (χ0v) is 12.8. The van der Waals surface area contributed by atoms with E-state index >= 15 is 0 Å². The van der Waals surface area contributed by atoms with Crippen molar-refractivity contribution in [2.24, 2.45) is 0 Å². The van der Waals surface area contributed by atoms with Gasteiger partial charge in [0.25, 0.3) is 0 Å². The minimum absolute atomic E-state index is 0.242. The summed E-state index contributed by atoms with van der Waals surface area (Å²) in [5.74, 6) is 1.50. The van der Waals surface area contributed by atoms with E-state index in [1.165, 1.54) is 0 Å². The third-order valence-corrected chi connectivity index (χ3v) is 3.81. The van der Waals surface area contributed by atoms with E-state index in [-0.39, 0.29) is 5.95 Å². The second-order valence-electron chi connectivity index (χ2n) is 4.57. The maximum atomic E-state index is 5.81. The molecule has 0 amide bonds. The number of rotatable bonds is 3. The average Bonchev–Trinajstić information content (AvgIpc) is 2.50. The Morgan fingerprint density at radius 2 is 1.57 bits per heavy atom. The summed E-state index contributed by atoms with van der Waals surface area (Å²) >= 11 is 3.53. The van der Waals surface area contributed by atoms with Gasteiger partial charge in [0.2, 0.25) is 5.95 Å². The largest absolute Gasteiger partial charge is 0.368 e. The van der Waals surface area contributed by atoms with Gasteiger partial charge in [0, 0.05) is 16.5 Å². The summed E-state index contributed by atoms with van der Waals surface area (Å²) in [4.78, 5) is 13.0. The summed E-state index contributed by atoms with van der Waals surface area (Å²) in [6, 6.07) is 17.8. The molecule has 2 aromatic carbocycles. The molecule has 3 rings (SSSR count). The molecule has 0 bridgehead atoms. The molecular formula is C16H13BrN4. The number of nitrogen functional groups attached to an aromatic ring is 1. The minimum atomic E-state index is 0.242. The summed E-state index contributed by atoms with van der Waals surface area (Å²) in [6.45, 7) is 0. The van der Waals surface area contributed by atoms with Gasteiger partial charge in [-0.1, -0.05) is 64.5 Å². The van der Waals surface area contributed by atoms with Crippen molar-refractivity contribution in [3.8, 4) is 11.4 Å². The van der Waals surface area contributed by atoms with E-state index in [1.54, 1.807) is 0 Å². The highest BCUT2D eigenvalue weighted by Crippen LogP contribution is 2.20. The van der Waals surface area contributed by atoms with Gasteiger partial charge in [0.1, 0.15) is 5.82 Å². The number of benzene rings is 2. The van der Waals surface area contributed by atoms with Crippen LogP contribution in [0.1, 0.15) is 11.4 Å². The van der Waals surface area contributed by atoms with Gasteiger partial charge in [-0.2, -0.15) is 9.97 Å². The zero-order valence-electron chi connectivity index (χ0n) is 11.2. The zero-order chi connectivity index (χ0) is 14.7. The number of aromatic nitrogens is 3. The van der Waals surface area contributed by atoms with Crippen molar-refractivity contribution in [2.75, 3.05) is 5.73 Å². The lowest BCUT2D eigenvalue weighted by atomic mass is 10.1. The SMILES string of the molecule is Nc1nc(Cc2ccccc2Br)nc(-c2ccccc2)n1. The van der Waals surface area contributed by atoms with Gasteiger partial charge in [0.15, 0.2) is 5.82 Å². The lowest BCUT2D eigenvalue weighted by Crippen LogP contribution is -2.05. The normalized spacial score (nSPS) is 10.5. The van der Waals surface area contributed by atoms with E-state index < -0.39 is 0 Å². The van der Waals surface area contributed by atoms with Gasteiger partial charge in [-0.3, -0.25) is 0 Å². The Morgan fingerprint density at radius 3 is 2.33 bits per heavy atom. The van der Waals surface area contributed by atoms with Gasteiger partial charge in [-0.25, -0.2) is 4.98 Å². The first-order chi connectivity index (χ1) is 10.2. The van der Waals surface area contributed by atoms with E-state index in [1.807, 2.05) is 54.6 Å². The van der Waals surface area contributed by atoms with Crippen LogP contribution >= 0.6 is 15.9 Å². The minimum Gasteiger partial charge on any atom is -0.368 e. The van der Waals surface area contributed by atoms with E-state index in [0.29, 0.717) is 18.1 Å². The monoisotopic (exact) mass is 340 g/mol. The molecule has 0 atom stereocenters. The molecule has 0 aliphatic carbocycles. The molecule has 0 saturated heterocycles. The van der Waals surface area contributed by atoms with Crippen molar-refractivity contribution < 1.29 is 0 Å². The molecule has 0 spiro atoms. The predicted molar refractivity (Wildman–Crippen MR) is 86.6 cm³/mol. The standard InChI is InChI=1S/C16H13BrN4/c17-13-9-5-4-8-12(13)10-14-19-15(21-16(18)20-14)11-6-2-1-3-7-11/h1-9H,10H2,(H2,18,19,20,21). The Kier molecular flexibility index (Phi) is 3.92. The predicted octanol–water partition coefficient (Wildman–Crippen LogP) is 3.47. The Bertz CT molecular complexity index is 759. The molecule has 3 aromatic rings. The fraction of sp³-hybridized carbons (Fsp3) is 0.0625. The number of hydrogen-bond donors (Lipinski definition) is 1. The van der Waals surface area contributed by atoms with Crippen molar-refractivity contribution in [2.45, 2.75) is 6.42 Å². The number of anilines is 1. The van der Waals surface area contributed by atoms with Crippen LogP contribution in [0.3, 0.4) is 0 Å². The molecule has 4 nitrogen and oxygen atoms in total. The Hall–Kier alpha value is -2.27. The number of nitrogens with zero attached hydrogens (tertiary/aromatic N) is 3. The number of halogens is 1. The summed E-state index contributed by atoms with van der Waals surface area (Å²) in [6.07, 6.45) is 0.605. The lowest BCUT2D eigenvalue weighted by Gasteiger charge is -2.06. The first-order valence-electron chi connectivity index (χ1n) is 6.51. The van der Waals surface area contributed by atoms with Crippen LogP contribution in [0.4, 0.5) is 5.95 Å². The van der Waals surface area contributed by atoms with Crippen molar-refractivity contribution in [1.29, 1.82) is 0 Å². The topological polar surface area (TPSA) is 64.7 Å².